The Bertz CT molecular complexity index is 126. The fourth-order valence-corrected chi connectivity index (χ4v) is 0.940. The molecule has 1 heterocycles. The topological polar surface area (TPSA) is 64.3 Å². The van der Waals surface area contributed by atoms with Gasteiger partial charge in [0.05, 0.1) is 0 Å². The van der Waals surface area contributed by atoms with Gasteiger partial charge in [0.1, 0.15) is 0 Å². The van der Waals surface area contributed by atoms with Gasteiger partial charge >= 0.3 is 0 Å². The molecule has 9 heavy (non-hydrogen) atoms. The number of rotatable bonds is 1. The average molecular weight is 130 g/mol. The van der Waals surface area contributed by atoms with Crippen LogP contribution in [0.25, 0.3) is 0 Å². The molecule has 1 aliphatic heterocycles. The van der Waals surface area contributed by atoms with Crippen LogP contribution in [0.4, 0.5) is 0 Å². The van der Waals surface area contributed by atoms with Crippen LogP contribution in [0.5, 0.6) is 0 Å². The second kappa shape index (κ2) is 2.33. The van der Waals surface area contributed by atoms with Crippen LogP contribution >= 0.6 is 0 Å². The Morgan fingerprint density at radius 1 is 1.89 bits per heavy atom. The Morgan fingerprint density at radius 2 is 2.56 bits per heavy atom. The highest BCUT2D eigenvalue weighted by Crippen LogP contribution is 2.08. The van der Waals surface area contributed by atoms with Crippen LogP contribution in [0.2, 0.25) is 0 Å². The predicted octanol–water partition coefficient (Wildman–Crippen LogP) is -0.846. The fourth-order valence-electron chi connectivity index (χ4n) is 0.940. The van der Waals surface area contributed by atoms with Crippen molar-refractivity contribution in [3.05, 3.63) is 0 Å². The lowest BCUT2D eigenvalue weighted by molar-refractivity contribution is -0.129. The van der Waals surface area contributed by atoms with Crippen molar-refractivity contribution in [1.29, 1.82) is 0 Å². The summed E-state index contributed by atoms with van der Waals surface area (Å²) < 4.78 is 0. The normalized spacial score (nSPS) is 34.7. The van der Waals surface area contributed by atoms with Crippen molar-refractivity contribution in [3.8, 4) is 0 Å². The third-order valence-corrected chi connectivity index (χ3v) is 1.41. The van der Waals surface area contributed by atoms with Crippen LogP contribution in [0.1, 0.15) is 13.3 Å². The minimum Gasteiger partial charge on any atom is -0.351 e. The van der Waals surface area contributed by atoms with E-state index < -0.39 is 6.10 Å². The molecule has 0 aromatic rings. The minimum atomic E-state index is -0.431. The van der Waals surface area contributed by atoms with E-state index in [9.17, 15) is 4.79 Å². The van der Waals surface area contributed by atoms with Gasteiger partial charge < -0.3 is 5.32 Å². The molecule has 1 rings (SSSR count). The van der Waals surface area contributed by atoms with E-state index in [1.54, 1.807) is 0 Å². The Hall–Kier alpha value is -0.610. The molecule has 4 nitrogen and oxygen atoms in total. The molecule has 4 heteroatoms. The van der Waals surface area contributed by atoms with Gasteiger partial charge in [0.15, 0.2) is 6.10 Å². The third kappa shape index (κ3) is 1.20. The summed E-state index contributed by atoms with van der Waals surface area (Å²) in [5.41, 5.74) is 0. The molecule has 3 N–H and O–H groups in total. The third-order valence-electron chi connectivity index (χ3n) is 1.41. The summed E-state index contributed by atoms with van der Waals surface area (Å²) in [6, 6.07) is 0.200. The van der Waals surface area contributed by atoms with E-state index in [1.165, 1.54) is 0 Å². The van der Waals surface area contributed by atoms with Gasteiger partial charge in [0, 0.05) is 12.5 Å². The van der Waals surface area contributed by atoms with Crippen molar-refractivity contribution in [3.63, 3.8) is 0 Å². The molecule has 0 radical (unpaired) electrons. The zero-order valence-electron chi connectivity index (χ0n) is 5.26. The Labute approximate surface area is 53.3 Å². The van der Waals surface area contributed by atoms with Crippen molar-refractivity contribution >= 4 is 5.91 Å². The van der Waals surface area contributed by atoms with Crippen molar-refractivity contribution in [2.45, 2.75) is 25.5 Å². The lowest BCUT2D eigenvalue weighted by Gasteiger charge is -1.99. The van der Waals surface area contributed by atoms with Crippen molar-refractivity contribution in [2.24, 2.45) is 5.90 Å². The zero-order valence-corrected chi connectivity index (χ0v) is 5.26. The SMILES string of the molecule is CC1CC(ON)C(=O)N1. The molecule has 2 unspecified atom stereocenters. The Balaban J connectivity index is 2.48. The number of hydrogen-bond acceptors (Lipinski definition) is 3. The van der Waals surface area contributed by atoms with Gasteiger partial charge in [0.2, 0.25) is 0 Å². The van der Waals surface area contributed by atoms with Crippen LogP contribution in [-0.2, 0) is 9.63 Å². The van der Waals surface area contributed by atoms with Gasteiger partial charge in [0.25, 0.3) is 5.91 Å². The van der Waals surface area contributed by atoms with Gasteiger partial charge in [-0.25, -0.2) is 5.90 Å². The maximum absolute atomic E-state index is 10.7. The maximum atomic E-state index is 10.7. The predicted molar refractivity (Wildman–Crippen MR) is 31.3 cm³/mol. The van der Waals surface area contributed by atoms with Crippen LogP contribution in [-0.4, -0.2) is 18.1 Å². The summed E-state index contributed by atoms with van der Waals surface area (Å²) in [5, 5.41) is 2.67. The first-order chi connectivity index (χ1) is 4.24. The van der Waals surface area contributed by atoms with Crippen molar-refractivity contribution < 1.29 is 9.63 Å². The largest absolute Gasteiger partial charge is 0.351 e. The van der Waals surface area contributed by atoms with Crippen molar-refractivity contribution in [1.82, 2.24) is 5.32 Å². The average Bonchev–Trinajstić information content (AvgIpc) is 2.10. The summed E-state index contributed by atoms with van der Waals surface area (Å²) in [6.07, 6.45) is 0.245. The Morgan fingerprint density at radius 3 is 2.78 bits per heavy atom. The second-order valence-corrected chi connectivity index (χ2v) is 2.27. The van der Waals surface area contributed by atoms with Crippen LogP contribution in [0, 0.1) is 0 Å². The van der Waals surface area contributed by atoms with Gasteiger partial charge in [-0.15, -0.1) is 0 Å². The van der Waals surface area contributed by atoms with Gasteiger partial charge in [-0.3, -0.25) is 9.63 Å². The van der Waals surface area contributed by atoms with Crippen molar-refractivity contribution in [2.75, 3.05) is 0 Å². The van der Waals surface area contributed by atoms with Crippen LogP contribution in [0.3, 0.4) is 0 Å². The first kappa shape index (κ1) is 6.51. The monoisotopic (exact) mass is 130 g/mol. The molecule has 52 valence electrons. The quantitative estimate of drug-likeness (QED) is 0.454. The molecule has 0 aromatic heterocycles. The molecule has 0 spiro atoms. The van der Waals surface area contributed by atoms with Gasteiger partial charge in [-0.1, -0.05) is 0 Å². The van der Waals surface area contributed by atoms with Crippen LogP contribution in [0.15, 0.2) is 0 Å². The number of carbonyl (C=O) groups excluding carboxylic acids is 1. The highest BCUT2D eigenvalue weighted by atomic mass is 16.6. The van der Waals surface area contributed by atoms with E-state index in [-0.39, 0.29) is 11.9 Å². The highest BCUT2D eigenvalue weighted by molar-refractivity contribution is 5.83. The summed E-state index contributed by atoms with van der Waals surface area (Å²) in [4.78, 5) is 15.1. The summed E-state index contributed by atoms with van der Waals surface area (Å²) in [5.74, 6) is 4.72. The van der Waals surface area contributed by atoms with E-state index in [1.807, 2.05) is 6.92 Å². The molecular formula is C5H10N2O2. The molecule has 0 bridgehead atoms. The molecule has 0 aliphatic carbocycles. The number of nitrogens with two attached hydrogens (primary N) is 1. The van der Waals surface area contributed by atoms with E-state index in [2.05, 4.69) is 10.2 Å². The molecule has 0 saturated carbocycles. The molecule has 1 aliphatic rings. The van der Waals surface area contributed by atoms with E-state index in [0.29, 0.717) is 6.42 Å². The first-order valence-electron chi connectivity index (χ1n) is 2.90. The Kier molecular flexibility index (Phi) is 1.68. The standard InChI is InChI=1S/C5H10N2O2/c1-3-2-4(9-6)5(8)7-3/h3-4H,2,6H2,1H3,(H,7,8). The molecular weight excluding hydrogens is 120 g/mol. The molecule has 1 amide bonds. The van der Waals surface area contributed by atoms with E-state index in [0.717, 1.165) is 0 Å². The molecule has 1 fully saturated rings. The molecule has 0 aromatic carbocycles. The van der Waals surface area contributed by atoms with Crippen LogP contribution < -0.4 is 11.2 Å². The summed E-state index contributed by atoms with van der Waals surface area (Å²) in [6.45, 7) is 1.91. The minimum absolute atomic E-state index is 0.106. The maximum Gasteiger partial charge on any atom is 0.251 e. The lowest BCUT2D eigenvalue weighted by Crippen LogP contribution is -2.28. The highest BCUT2D eigenvalue weighted by Gasteiger charge is 2.29. The number of carbonyl (C=O) groups is 1. The first-order valence-corrected chi connectivity index (χ1v) is 2.90. The molecule has 1 saturated heterocycles. The number of hydrogen-bond donors (Lipinski definition) is 2. The van der Waals surface area contributed by atoms with E-state index >= 15 is 0 Å². The summed E-state index contributed by atoms with van der Waals surface area (Å²) >= 11 is 0. The van der Waals surface area contributed by atoms with E-state index in [4.69, 9.17) is 5.90 Å². The molecule has 2 atom stereocenters. The zero-order chi connectivity index (χ0) is 6.85. The lowest BCUT2D eigenvalue weighted by atomic mass is 10.2. The second-order valence-electron chi connectivity index (χ2n) is 2.27. The smallest absolute Gasteiger partial charge is 0.251 e. The number of amides is 1. The van der Waals surface area contributed by atoms with Gasteiger partial charge in [-0.05, 0) is 6.92 Å². The fraction of sp³-hybridized carbons (Fsp3) is 0.800. The summed E-state index contributed by atoms with van der Waals surface area (Å²) in [7, 11) is 0. The number of nitrogens with one attached hydrogen (secondary N) is 1. The van der Waals surface area contributed by atoms with Gasteiger partial charge in [-0.2, -0.15) is 0 Å².